The normalized spacial score (nSPS) is 14.2. The second kappa shape index (κ2) is 12.2. The van der Waals surface area contributed by atoms with Crippen molar-refractivity contribution in [3.05, 3.63) is 73.7 Å². The molecule has 43 heavy (non-hydrogen) atoms. The fraction of sp³-hybridized carbons (Fsp3) is 0.304. The standard InChI is InChI=1S/C23H12Cl3F13N2O2/c1-41(18(43)19(27,28)22(35,36)23(37,38)39)40-17(42)11-4-2-9(6-13(11)21(32,33)34)3-5-12(20(29,30)31)10-7-14(24)16(26)15(25)8-10/h2-8,12H,1H3,(H,40,42). The summed E-state index contributed by atoms with van der Waals surface area (Å²) in [6.07, 6.45) is -16.5. The molecule has 238 valence electrons. The summed E-state index contributed by atoms with van der Waals surface area (Å²) in [6.45, 7) is 0. The number of allylic oxidation sites excluding steroid dienone is 1. The summed E-state index contributed by atoms with van der Waals surface area (Å²) in [5, 5.41) is -1.90. The molecule has 0 saturated heterocycles. The molecule has 0 aliphatic carbocycles. The highest BCUT2D eigenvalue weighted by atomic mass is 35.5. The Morgan fingerprint density at radius 1 is 0.837 bits per heavy atom. The highest BCUT2D eigenvalue weighted by Gasteiger charge is 2.77. The van der Waals surface area contributed by atoms with Crippen LogP contribution in [-0.2, 0) is 11.0 Å². The van der Waals surface area contributed by atoms with Crippen LogP contribution in [0.5, 0.6) is 0 Å². The second-order valence-electron chi connectivity index (χ2n) is 8.43. The smallest absolute Gasteiger partial charge is 0.267 e. The Bertz CT molecular complexity index is 1400. The number of halogens is 16. The summed E-state index contributed by atoms with van der Waals surface area (Å²) in [5.74, 6) is -21.3. The van der Waals surface area contributed by atoms with Gasteiger partial charge in [0.1, 0.15) is 0 Å². The SMILES string of the molecule is CN(NC(=O)c1ccc(C=CC(c2cc(Cl)c(Cl)c(Cl)c2)C(F)(F)F)cc1C(F)(F)F)C(=O)C(F)(F)C(F)(F)C(F)(F)F. The van der Waals surface area contributed by atoms with Crippen molar-refractivity contribution in [1.82, 2.24) is 10.4 Å². The molecule has 2 amide bonds. The molecule has 20 heteroatoms. The topological polar surface area (TPSA) is 49.4 Å². The summed E-state index contributed by atoms with van der Waals surface area (Å²) in [6, 6.07) is 2.70. The number of hydrogen-bond donors (Lipinski definition) is 1. The Kier molecular flexibility index (Phi) is 10.3. The van der Waals surface area contributed by atoms with Gasteiger partial charge in [-0.1, -0.05) is 53.0 Å². The predicted octanol–water partition coefficient (Wildman–Crippen LogP) is 8.96. The van der Waals surface area contributed by atoms with Gasteiger partial charge in [-0.15, -0.1) is 0 Å². The van der Waals surface area contributed by atoms with Crippen molar-refractivity contribution >= 4 is 52.7 Å². The molecule has 2 rings (SSSR count). The van der Waals surface area contributed by atoms with E-state index >= 15 is 0 Å². The lowest BCUT2D eigenvalue weighted by Crippen LogP contribution is -2.62. The van der Waals surface area contributed by atoms with Crippen LogP contribution in [0.15, 0.2) is 36.4 Å². The van der Waals surface area contributed by atoms with E-state index in [1.165, 1.54) is 0 Å². The molecular weight excluding hydrogens is 690 g/mol. The van der Waals surface area contributed by atoms with Gasteiger partial charge in [-0.2, -0.15) is 57.1 Å². The van der Waals surface area contributed by atoms with Gasteiger partial charge in [-0.25, -0.2) is 0 Å². The Balaban J connectivity index is 2.45. The molecular formula is C23H12Cl3F13N2O2. The Hall–Kier alpha value is -2.92. The average molecular weight is 702 g/mol. The van der Waals surface area contributed by atoms with Crippen LogP contribution in [-0.4, -0.2) is 48.1 Å². The summed E-state index contributed by atoms with van der Waals surface area (Å²) < 4.78 is 173. The molecule has 0 saturated carbocycles. The van der Waals surface area contributed by atoms with E-state index < -0.39 is 75.4 Å². The zero-order chi connectivity index (χ0) is 33.5. The molecule has 0 spiro atoms. The van der Waals surface area contributed by atoms with Crippen molar-refractivity contribution in [2.45, 2.75) is 36.3 Å². The maximum Gasteiger partial charge on any atom is 0.460 e. The second-order valence-corrected chi connectivity index (χ2v) is 9.62. The molecule has 2 aromatic rings. The monoisotopic (exact) mass is 700 g/mol. The van der Waals surface area contributed by atoms with Crippen molar-refractivity contribution in [1.29, 1.82) is 0 Å². The van der Waals surface area contributed by atoms with Crippen LogP contribution in [0.2, 0.25) is 15.1 Å². The number of carbonyl (C=O) groups excluding carboxylic acids is 2. The number of rotatable bonds is 6. The maximum absolute atomic E-state index is 13.7. The molecule has 0 aliphatic rings. The quantitative estimate of drug-likeness (QED) is 0.186. The first-order valence-electron chi connectivity index (χ1n) is 10.8. The Morgan fingerprint density at radius 2 is 1.35 bits per heavy atom. The Morgan fingerprint density at radius 3 is 1.79 bits per heavy atom. The molecule has 0 bridgehead atoms. The van der Waals surface area contributed by atoms with Crippen LogP contribution >= 0.6 is 34.8 Å². The fourth-order valence-electron chi connectivity index (χ4n) is 3.26. The molecule has 1 unspecified atom stereocenters. The van der Waals surface area contributed by atoms with Crippen molar-refractivity contribution in [2.24, 2.45) is 0 Å². The molecule has 0 radical (unpaired) electrons. The number of nitrogens with one attached hydrogen (secondary N) is 1. The van der Waals surface area contributed by atoms with E-state index in [4.69, 9.17) is 34.8 Å². The number of hydrazine groups is 1. The molecule has 0 aliphatic heterocycles. The Labute approximate surface area is 246 Å². The van der Waals surface area contributed by atoms with Gasteiger partial charge in [0.2, 0.25) is 0 Å². The van der Waals surface area contributed by atoms with Gasteiger partial charge in [0.15, 0.2) is 0 Å². The fourth-order valence-corrected chi connectivity index (χ4v) is 3.87. The lowest BCUT2D eigenvalue weighted by molar-refractivity contribution is -0.346. The summed E-state index contributed by atoms with van der Waals surface area (Å²) >= 11 is 17.2. The van der Waals surface area contributed by atoms with Gasteiger partial charge in [0.05, 0.1) is 32.1 Å². The van der Waals surface area contributed by atoms with E-state index in [-0.39, 0.29) is 28.2 Å². The van der Waals surface area contributed by atoms with Gasteiger partial charge in [-0.3, -0.25) is 20.0 Å². The molecule has 2 aromatic carbocycles. The van der Waals surface area contributed by atoms with Crippen LogP contribution in [0, 0.1) is 0 Å². The summed E-state index contributed by atoms with van der Waals surface area (Å²) in [7, 11) is 0.0531. The van der Waals surface area contributed by atoms with Crippen molar-refractivity contribution < 1.29 is 66.7 Å². The minimum atomic E-state index is -6.93. The number of amides is 2. The van der Waals surface area contributed by atoms with Crippen molar-refractivity contribution in [3.63, 3.8) is 0 Å². The van der Waals surface area contributed by atoms with Crippen LogP contribution < -0.4 is 5.43 Å². The molecule has 0 aromatic heterocycles. The lowest BCUT2D eigenvalue weighted by atomic mass is 9.96. The predicted molar refractivity (Wildman–Crippen MR) is 127 cm³/mol. The van der Waals surface area contributed by atoms with Crippen LogP contribution in [0.25, 0.3) is 6.08 Å². The van der Waals surface area contributed by atoms with Crippen molar-refractivity contribution in [2.75, 3.05) is 7.05 Å². The van der Waals surface area contributed by atoms with Crippen molar-refractivity contribution in [3.8, 4) is 0 Å². The van der Waals surface area contributed by atoms with Crippen LogP contribution in [0.1, 0.15) is 33.0 Å². The molecule has 0 fully saturated rings. The maximum atomic E-state index is 13.7. The first kappa shape index (κ1) is 36.3. The third kappa shape index (κ3) is 7.78. The average Bonchev–Trinajstić information content (AvgIpc) is 2.84. The summed E-state index contributed by atoms with van der Waals surface area (Å²) in [4.78, 5) is 23.9. The first-order valence-corrected chi connectivity index (χ1v) is 11.9. The van der Waals surface area contributed by atoms with E-state index in [9.17, 15) is 66.7 Å². The number of benzene rings is 2. The van der Waals surface area contributed by atoms with Gasteiger partial charge in [0.25, 0.3) is 5.91 Å². The molecule has 0 heterocycles. The highest BCUT2D eigenvalue weighted by Crippen LogP contribution is 2.47. The molecule has 4 nitrogen and oxygen atoms in total. The van der Waals surface area contributed by atoms with Gasteiger partial charge in [-0.05, 0) is 35.4 Å². The van der Waals surface area contributed by atoms with E-state index in [1.807, 2.05) is 0 Å². The number of carbonyl (C=O) groups is 2. The molecule has 1 N–H and O–H groups in total. The lowest BCUT2D eigenvalue weighted by Gasteiger charge is -2.30. The number of nitrogens with zero attached hydrogens (tertiary/aromatic N) is 1. The number of hydrogen-bond acceptors (Lipinski definition) is 2. The third-order valence-corrected chi connectivity index (χ3v) is 6.58. The van der Waals surface area contributed by atoms with Gasteiger partial charge < -0.3 is 0 Å². The first-order chi connectivity index (χ1) is 19.2. The van der Waals surface area contributed by atoms with E-state index in [0.29, 0.717) is 24.3 Å². The minimum absolute atomic E-state index is 0.0531. The minimum Gasteiger partial charge on any atom is -0.267 e. The summed E-state index contributed by atoms with van der Waals surface area (Å²) in [5.41, 5.74) is -3.53. The third-order valence-electron chi connectivity index (χ3n) is 5.39. The van der Waals surface area contributed by atoms with E-state index in [2.05, 4.69) is 0 Å². The largest absolute Gasteiger partial charge is 0.460 e. The highest BCUT2D eigenvalue weighted by molar-refractivity contribution is 6.48. The van der Waals surface area contributed by atoms with E-state index in [0.717, 1.165) is 17.6 Å². The van der Waals surface area contributed by atoms with Gasteiger partial charge in [0, 0.05) is 7.05 Å². The van der Waals surface area contributed by atoms with E-state index in [1.54, 1.807) is 0 Å². The van der Waals surface area contributed by atoms with Crippen LogP contribution in [0.4, 0.5) is 57.1 Å². The van der Waals surface area contributed by atoms with Gasteiger partial charge >= 0.3 is 36.3 Å². The van der Waals surface area contributed by atoms with Crippen LogP contribution in [0.3, 0.4) is 0 Å². The zero-order valence-corrected chi connectivity index (χ0v) is 22.7. The number of alkyl halides is 13. The zero-order valence-electron chi connectivity index (χ0n) is 20.4. The molecule has 1 atom stereocenters.